The summed E-state index contributed by atoms with van der Waals surface area (Å²) in [5.74, 6) is -0.682. The third-order valence-corrected chi connectivity index (χ3v) is 3.65. The molecule has 1 saturated heterocycles. The van der Waals surface area contributed by atoms with Crippen molar-refractivity contribution in [1.29, 1.82) is 0 Å². The Morgan fingerprint density at radius 3 is 2.58 bits per heavy atom. The normalized spacial score (nSPS) is 18.6. The Morgan fingerprint density at radius 2 is 2.00 bits per heavy atom. The molecular weight excluding hydrogens is 242 g/mol. The summed E-state index contributed by atoms with van der Waals surface area (Å²) in [6.45, 7) is 3.29. The van der Waals surface area contributed by atoms with Gasteiger partial charge in [0.2, 0.25) is 0 Å². The lowest BCUT2D eigenvalue weighted by molar-refractivity contribution is -0.138. The Balaban J connectivity index is 1.98. The summed E-state index contributed by atoms with van der Waals surface area (Å²) in [6.07, 6.45) is 1.89. The number of aliphatic carboxylic acids is 1. The molecule has 4 nitrogen and oxygen atoms in total. The lowest BCUT2D eigenvalue weighted by Crippen LogP contribution is -2.28. The van der Waals surface area contributed by atoms with Gasteiger partial charge < -0.3 is 10.0 Å². The van der Waals surface area contributed by atoms with E-state index in [-0.39, 0.29) is 18.2 Å². The lowest BCUT2D eigenvalue weighted by Gasteiger charge is -2.16. The first kappa shape index (κ1) is 13.6. The SMILES string of the molecule is CCc1ccc(C(=O)N2CCC(CC(=O)O)C2)cc1. The Labute approximate surface area is 113 Å². The molecule has 1 aliphatic rings. The van der Waals surface area contributed by atoms with Crippen molar-refractivity contribution in [2.45, 2.75) is 26.2 Å². The molecule has 0 bridgehead atoms. The number of aryl methyl sites for hydroxylation is 1. The molecular formula is C15H19NO3. The van der Waals surface area contributed by atoms with Gasteiger partial charge >= 0.3 is 5.97 Å². The van der Waals surface area contributed by atoms with Gasteiger partial charge in [-0.15, -0.1) is 0 Å². The molecule has 19 heavy (non-hydrogen) atoms. The molecule has 1 aliphatic heterocycles. The summed E-state index contributed by atoms with van der Waals surface area (Å²) in [5, 5.41) is 8.77. The van der Waals surface area contributed by atoms with Crippen LogP contribution in [0.15, 0.2) is 24.3 Å². The highest BCUT2D eigenvalue weighted by Gasteiger charge is 2.28. The smallest absolute Gasteiger partial charge is 0.303 e. The van der Waals surface area contributed by atoms with Crippen LogP contribution in [0.1, 0.15) is 35.7 Å². The molecule has 0 radical (unpaired) electrons. The van der Waals surface area contributed by atoms with Gasteiger partial charge in [-0.2, -0.15) is 0 Å². The summed E-state index contributed by atoms with van der Waals surface area (Å²) >= 11 is 0. The minimum Gasteiger partial charge on any atom is -0.481 e. The van der Waals surface area contributed by atoms with Crippen LogP contribution in [0.25, 0.3) is 0 Å². The molecule has 1 N–H and O–H groups in total. The van der Waals surface area contributed by atoms with Gasteiger partial charge in [0.05, 0.1) is 0 Å². The van der Waals surface area contributed by atoms with Gasteiger partial charge in [-0.3, -0.25) is 9.59 Å². The zero-order chi connectivity index (χ0) is 13.8. The quantitative estimate of drug-likeness (QED) is 0.903. The van der Waals surface area contributed by atoms with Gasteiger partial charge in [0.15, 0.2) is 0 Å². The van der Waals surface area contributed by atoms with Crippen molar-refractivity contribution in [2.24, 2.45) is 5.92 Å². The molecule has 1 amide bonds. The average Bonchev–Trinajstić information content (AvgIpc) is 2.85. The van der Waals surface area contributed by atoms with Crippen LogP contribution in [-0.4, -0.2) is 35.0 Å². The monoisotopic (exact) mass is 261 g/mol. The Morgan fingerprint density at radius 1 is 1.32 bits per heavy atom. The van der Waals surface area contributed by atoms with Crippen molar-refractivity contribution in [1.82, 2.24) is 4.90 Å². The first-order valence-corrected chi connectivity index (χ1v) is 6.70. The second-order valence-electron chi connectivity index (χ2n) is 5.05. The Hall–Kier alpha value is -1.84. The topological polar surface area (TPSA) is 57.6 Å². The third kappa shape index (κ3) is 3.34. The zero-order valence-electron chi connectivity index (χ0n) is 11.1. The van der Waals surface area contributed by atoms with Crippen molar-refractivity contribution < 1.29 is 14.7 Å². The summed E-state index contributed by atoms with van der Waals surface area (Å²) in [6, 6.07) is 7.65. The number of likely N-dealkylation sites (tertiary alicyclic amines) is 1. The van der Waals surface area contributed by atoms with Crippen molar-refractivity contribution in [3.8, 4) is 0 Å². The number of hydrogen-bond donors (Lipinski definition) is 1. The molecule has 2 rings (SSSR count). The number of amides is 1. The molecule has 1 unspecified atom stereocenters. The van der Waals surface area contributed by atoms with E-state index < -0.39 is 5.97 Å². The molecule has 0 aromatic heterocycles. The molecule has 4 heteroatoms. The third-order valence-electron chi connectivity index (χ3n) is 3.65. The fraction of sp³-hybridized carbons (Fsp3) is 0.467. The molecule has 1 atom stereocenters. The minimum atomic E-state index is -0.786. The number of hydrogen-bond acceptors (Lipinski definition) is 2. The highest BCUT2D eigenvalue weighted by molar-refractivity contribution is 5.94. The highest BCUT2D eigenvalue weighted by Crippen LogP contribution is 2.21. The minimum absolute atomic E-state index is 0.00976. The molecule has 0 aliphatic carbocycles. The molecule has 1 heterocycles. The Kier molecular flexibility index (Phi) is 4.20. The van der Waals surface area contributed by atoms with Gasteiger partial charge in [0.25, 0.3) is 5.91 Å². The molecule has 1 fully saturated rings. The van der Waals surface area contributed by atoms with E-state index >= 15 is 0 Å². The number of rotatable bonds is 4. The second-order valence-corrected chi connectivity index (χ2v) is 5.05. The number of carbonyl (C=O) groups excluding carboxylic acids is 1. The Bertz CT molecular complexity index is 467. The van der Waals surface area contributed by atoms with Crippen LogP contribution >= 0.6 is 0 Å². The number of carboxylic acid groups (broad SMARTS) is 1. The highest BCUT2D eigenvalue weighted by atomic mass is 16.4. The second kappa shape index (κ2) is 5.87. The van der Waals surface area contributed by atoms with Gasteiger partial charge in [-0.25, -0.2) is 0 Å². The standard InChI is InChI=1S/C15H19NO3/c1-2-11-3-5-13(6-4-11)15(19)16-8-7-12(10-16)9-14(17)18/h3-6,12H,2,7-10H2,1H3,(H,17,18). The summed E-state index contributed by atoms with van der Waals surface area (Å²) in [7, 11) is 0. The zero-order valence-corrected chi connectivity index (χ0v) is 11.1. The molecule has 102 valence electrons. The maximum absolute atomic E-state index is 12.3. The fourth-order valence-corrected chi connectivity index (χ4v) is 2.50. The number of carbonyl (C=O) groups is 2. The van der Waals surface area contributed by atoms with Crippen LogP contribution in [0.5, 0.6) is 0 Å². The first-order chi connectivity index (χ1) is 9.10. The summed E-state index contributed by atoms with van der Waals surface area (Å²) in [5.41, 5.74) is 1.90. The van der Waals surface area contributed by atoms with E-state index in [2.05, 4.69) is 6.92 Å². The number of benzene rings is 1. The summed E-state index contributed by atoms with van der Waals surface area (Å²) in [4.78, 5) is 24.7. The lowest BCUT2D eigenvalue weighted by atomic mass is 10.1. The molecule has 0 saturated carbocycles. The van der Waals surface area contributed by atoms with Gasteiger partial charge in [-0.1, -0.05) is 19.1 Å². The maximum atomic E-state index is 12.3. The van der Waals surface area contributed by atoms with E-state index in [0.717, 1.165) is 12.8 Å². The van der Waals surface area contributed by atoms with E-state index in [1.165, 1.54) is 5.56 Å². The van der Waals surface area contributed by atoms with E-state index in [0.29, 0.717) is 18.7 Å². The number of carboxylic acids is 1. The molecule has 1 aromatic carbocycles. The van der Waals surface area contributed by atoms with Gasteiger partial charge in [0, 0.05) is 25.1 Å². The van der Waals surface area contributed by atoms with E-state index in [9.17, 15) is 9.59 Å². The van der Waals surface area contributed by atoms with Crippen molar-refractivity contribution in [3.63, 3.8) is 0 Å². The van der Waals surface area contributed by atoms with Crippen LogP contribution in [-0.2, 0) is 11.2 Å². The molecule has 0 spiro atoms. The van der Waals surface area contributed by atoms with Crippen molar-refractivity contribution in [2.75, 3.05) is 13.1 Å². The largest absolute Gasteiger partial charge is 0.481 e. The van der Waals surface area contributed by atoms with Crippen molar-refractivity contribution >= 4 is 11.9 Å². The van der Waals surface area contributed by atoms with Crippen LogP contribution in [0.2, 0.25) is 0 Å². The number of nitrogens with zero attached hydrogens (tertiary/aromatic N) is 1. The van der Waals surface area contributed by atoms with Crippen LogP contribution in [0.3, 0.4) is 0 Å². The van der Waals surface area contributed by atoms with Crippen LogP contribution < -0.4 is 0 Å². The first-order valence-electron chi connectivity index (χ1n) is 6.70. The fourth-order valence-electron chi connectivity index (χ4n) is 2.50. The van der Waals surface area contributed by atoms with E-state index in [1.807, 2.05) is 24.3 Å². The van der Waals surface area contributed by atoms with E-state index in [1.54, 1.807) is 4.90 Å². The van der Waals surface area contributed by atoms with Crippen LogP contribution in [0, 0.1) is 5.92 Å². The maximum Gasteiger partial charge on any atom is 0.303 e. The van der Waals surface area contributed by atoms with E-state index in [4.69, 9.17) is 5.11 Å². The van der Waals surface area contributed by atoms with Crippen molar-refractivity contribution in [3.05, 3.63) is 35.4 Å². The van der Waals surface area contributed by atoms with Gasteiger partial charge in [-0.05, 0) is 36.5 Å². The predicted molar refractivity (Wildman–Crippen MR) is 72.1 cm³/mol. The van der Waals surface area contributed by atoms with Gasteiger partial charge in [0.1, 0.15) is 0 Å². The predicted octanol–water partition coefficient (Wildman–Crippen LogP) is 2.19. The summed E-state index contributed by atoms with van der Waals surface area (Å²) < 4.78 is 0. The average molecular weight is 261 g/mol. The molecule has 1 aromatic rings. The van der Waals surface area contributed by atoms with Crippen LogP contribution in [0.4, 0.5) is 0 Å².